The fourth-order valence-electron chi connectivity index (χ4n) is 2.97. The maximum Gasteiger partial charge on any atom is 0.407 e. The molecule has 1 aliphatic rings. The lowest BCUT2D eigenvalue weighted by atomic mass is 9.78. The molecule has 0 aromatic carbocycles. The molecular formula is C17H33NO3. The number of aliphatic hydroxyl groups is 1. The lowest BCUT2D eigenvalue weighted by Crippen LogP contribution is -2.36. The summed E-state index contributed by atoms with van der Waals surface area (Å²) in [5.41, 5.74) is -0.439. The maximum atomic E-state index is 11.6. The first kappa shape index (κ1) is 18.3. The average molecular weight is 299 g/mol. The molecule has 124 valence electrons. The Hall–Kier alpha value is -0.770. The van der Waals surface area contributed by atoms with Crippen molar-refractivity contribution in [1.29, 1.82) is 0 Å². The van der Waals surface area contributed by atoms with E-state index in [1.54, 1.807) is 0 Å². The molecule has 1 rings (SSSR count). The molecule has 1 amide bonds. The minimum absolute atomic E-state index is 0.135. The highest BCUT2D eigenvalue weighted by atomic mass is 16.6. The van der Waals surface area contributed by atoms with Crippen molar-refractivity contribution in [2.45, 2.75) is 84.3 Å². The molecule has 4 heteroatoms. The number of ether oxygens (including phenoxy) is 1. The standard InChI is InChI=1S/C17H33NO3/c1-5-6-7-15(19)14-10-8-13(9-11-14)12-18-16(20)21-17(2,3)4/h13-15,19H,5-12H2,1-4H3,(H,18,20). The van der Waals surface area contributed by atoms with Gasteiger partial charge in [0.2, 0.25) is 0 Å². The quantitative estimate of drug-likeness (QED) is 0.782. The van der Waals surface area contributed by atoms with Crippen LogP contribution in [0.5, 0.6) is 0 Å². The number of rotatable bonds is 6. The zero-order valence-corrected chi connectivity index (χ0v) is 14.2. The van der Waals surface area contributed by atoms with Crippen LogP contribution in [0, 0.1) is 11.8 Å². The summed E-state index contributed by atoms with van der Waals surface area (Å²) in [7, 11) is 0. The van der Waals surface area contributed by atoms with E-state index in [1.807, 2.05) is 20.8 Å². The first-order chi connectivity index (χ1) is 9.81. The van der Waals surface area contributed by atoms with Gasteiger partial charge in [-0.05, 0) is 64.7 Å². The van der Waals surface area contributed by atoms with Crippen molar-refractivity contribution < 1.29 is 14.6 Å². The number of carbonyl (C=O) groups is 1. The minimum atomic E-state index is -0.439. The van der Waals surface area contributed by atoms with Crippen molar-refractivity contribution in [2.75, 3.05) is 6.54 Å². The molecule has 0 radical (unpaired) electrons. The number of aliphatic hydroxyl groups excluding tert-OH is 1. The van der Waals surface area contributed by atoms with E-state index in [4.69, 9.17) is 4.74 Å². The van der Waals surface area contributed by atoms with Crippen LogP contribution >= 0.6 is 0 Å². The smallest absolute Gasteiger partial charge is 0.407 e. The van der Waals surface area contributed by atoms with Crippen LogP contribution in [-0.4, -0.2) is 29.4 Å². The van der Waals surface area contributed by atoms with Crippen LogP contribution in [0.3, 0.4) is 0 Å². The Labute approximate surface area is 129 Å². The zero-order valence-electron chi connectivity index (χ0n) is 14.2. The molecule has 0 aliphatic heterocycles. The Morgan fingerprint density at radius 1 is 1.29 bits per heavy atom. The Bertz CT molecular complexity index is 304. The summed E-state index contributed by atoms with van der Waals surface area (Å²) in [6, 6.07) is 0. The zero-order chi connectivity index (χ0) is 15.9. The van der Waals surface area contributed by atoms with Crippen molar-refractivity contribution in [2.24, 2.45) is 11.8 Å². The van der Waals surface area contributed by atoms with Crippen molar-refractivity contribution in [1.82, 2.24) is 5.32 Å². The molecule has 0 heterocycles. The van der Waals surface area contributed by atoms with Crippen molar-refractivity contribution in [3.63, 3.8) is 0 Å². The largest absolute Gasteiger partial charge is 0.444 e. The van der Waals surface area contributed by atoms with Crippen LogP contribution in [0.1, 0.15) is 72.6 Å². The van der Waals surface area contributed by atoms with Crippen LogP contribution in [0.2, 0.25) is 0 Å². The fraction of sp³-hybridized carbons (Fsp3) is 0.941. The van der Waals surface area contributed by atoms with Crippen LogP contribution in [0.25, 0.3) is 0 Å². The Morgan fingerprint density at radius 2 is 1.90 bits per heavy atom. The van der Waals surface area contributed by atoms with Gasteiger partial charge in [-0.2, -0.15) is 0 Å². The second-order valence-corrected chi connectivity index (χ2v) is 7.37. The highest BCUT2D eigenvalue weighted by molar-refractivity contribution is 5.67. The molecule has 1 unspecified atom stereocenters. The molecule has 0 spiro atoms. The number of amides is 1. The van der Waals surface area contributed by atoms with E-state index in [2.05, 4.69) is 12.2 Å². The molecule has 1 atom stereocenters. The summed E-state index contributed by atoms with van der Waals surface area (Å²) in [5.74, 6) is 0.974. The molecular weight excluding hydrogens is 266 g/mol. The number of alkyl carbamates (subject to hydrolysis) is 1. The van der Waals surface area contributed by atoms with E-state index in [9.17, 15) is 9.90 Å². The minimum Gasteiger partial charge on any atom is -0.444 e. The van der Waals surface area contributed by atoms with E-state index >= 15 is 0 Å². The summed E-state index contributed by atoms with van der Waals surface area (Å²) in [4.78, 5) is 11.6. The van der Waals surface area contributed by atoms with Gasteiger partial charge in [-0.3, -0.25) is 0 Å². The number of hydrogen-bond acceptors (Lipinski definition) is 3. The Morgan fingerprint density at radius 3 is 2.43 bits per heavy atom. The van der Waals surface area contributed by atoms with Gasteiger partial charge in [-0.15, -0.1) is 0 Å². The van der Waals surface area contributed by atoms with Crippen molar-refractivity contribution in [3.05, 3.63) is 0 Å². The monoisotopic (exact) mass is 299 g/mol. The van der Waals surface area contributed by atoms with Crippen LogP contribution in [-0.2, 0) is 4.74 Å². The van der Waals surface area contributed by atoms with Gasteiger partial charge >= 0.3 is 6.09 Å². The van der Waals surface area contributed by atoms with E-state index in [0.29, 0.717) is 18.4 Å². The molecule has 1 saturated carbocycles. The third-order valence-electron chi connectivity index (χ3n) is 4.22. The molecule has 0 bridgehead atoms. The second-order valence-electron chi connectivity index (χ2n) is 7.37. The molecule has 0 saturated heterocycles. The van der Waals surface area contributed by atoms with Crippen LogP contribution < -0.4 is 5.32 Å². The summed E-state index contributed by atoms with van der Waals surface area (Å²) in [5, 5.41) is 13.0. The molecule has 2 N–H and O–H groups in total. The lowest BCUT2D eigenvalue weighted by molar-refractivity contribution is 0.0480. The third kappa shape index (κ3) is 7.70. The molecule has 4 nitrogen and oxygen atoms in total. The van der Waals surface area contributed by atoms with E-state index in [-0.39, 0.29) is 12.2 Å². The van der Waals surface area contributed by atoms with E-state index < -0.39 is 5.60 Å². The second kappa shape index (κ2) is 8.62. The Balaban J connectivity index is 2.20. The molecule has 0 aromatic rings. The van der Waals surface area contributed by atoms with Gasteiger partial charge in [0.15, 0.2) is 0 Å². The molecule has 1 fully saturated rings. The van der Waals surface area contributed by atoms with Gasteiger partial charge < -0.3 is 15.2 Å². The Kier molecular flexibility index (Phi) is 7.50. The average Bonchev–Trinajstić information content (AvgIpc) is 2.41. The van der Waals surface area contributed by atoms with Crippen molar-refractivity contribution >= 4 is 6.09 Å². The van der Waals surface area contributed by atoms with E-state index in [1.165, 1.54) is 0 Å². The highest BCUT2D eigenvalue weighted by Crippen LogP contribution is 2.32. The lowest BCUT2D eigenvalue weighted by Gasteiger charge is -2.31. The normalized spacial score (nSPS) is 24.4. The van der Waals surface area contributed by atoms with Gasteiger partial charge in [0, 0.05) is 6.54 Å². The van der Waals surface area contributed by atoms with Crippen LogP contribution in [0.4, 0.5) is 4.79 Å². The molecule has 21 heavy (non-hydrogen) atoms. The van der Waals surface area contributed by atoms with Gasteiger partial charge in [0.05, 0.1) is 6.10 Å². The van der Waals surface area contributed by atoms with Crippen molar-refractivity contribution in [3.8, 4) is 0 Å². The summed E-state index contributed by atoms with van der Waals surface area (Å²) >= 11 is 0. The summed E-state index contributed by atoms with van der Waals surface area (Å²) in [6.45, 7) is 8.46. The molecule has 1 aliphatic carbocycles. The predicted octanol–water partition coefficient (Wildman–Crippen LogP) is 3.87. The highest BCUT2D eigenvalue weighted by Gasteiger charge is 2.26. The third-order valence-corrected chi connectivity index (χ3v) is 4.22. The van der Waals surface area contributed by atoms with Gasteiger partial charge in [0.1, 0.15) is 5.60 Å². The first-order valence-corrected chi connectivity index (χ1v) is 8.46. The maximum absolute atomic E-state index is 11.6. The number of hydrogen-bond donors (Lipinski definition) is 2. The first-order valence-electron chi connectivity index (χ1n) is 8.46. The van der Waals surface area contributed by atoms with Crippen LogP contribution in [0.15, 0.2) is 0 Å². The predicted molar refractivity (Wildman–Crippen MR) is 85.2 cm³/mol. The number of carbonyl (C=O) groups excluding carboxylic acids is 1. The number of nitrogens with one attached hydrogen (secondary N) is 1. The number of unbranched alkanes of at least 4 members (excludes halogenated alkanes) is 1. The van der Waals surface area contributed by atoms with Gasteiger partial charge in [0.25, 0.3) is 0 Å². The summed E-state index contributed by atoms with van der Waals surface area (Å²) in [6.07, 6.45) is 7.05. The van der Waals surface area contributed by atoms with Gasteiger partial charge in [-0.25, -0.2) is 4.79 Å². The molecule has 0 aromatic heterocycles. The summed E-state index contributed by atoms with van der Waals surface area (Å²) < 4.78 is 5.24. The van der Waals surface area contributed by atoms with E-state index in [0.717, 1.165) is 44.9 Å². The fourth-order valence-corrected chi connectivity index (χ4v) is 2.97. The van der Waals surface area contributed by atoms with Gasteiger partial charge in [-0.1, -0.05) is 19.8 Å². The topological polar surface area (TPSA) is 58.6 Å². The SMILES string of the molecule is CCCCC(O)C1CCC(CNC(=O)OC(C)(C)C)CC1.